The molecule has 0 aliphatic heterocycles. The number of rotatable bonds is 8. The van der Waals surface area contributed by atoms with E-state index in [0.717, 1.165) is 12.0 Å². The van der Waals surface area contributed by atoms with E-state index in [-0.39, 0.29) is 25.2 Å². The molecule has 1 amide bonds. The number of allylic oxidation sites excluding steroid dienone is 1. The normalized spacial score (nSPS) is 11.6. The molecule has 1 aromatic carbocycles. The molecule has 1 unspecified atom stereocenters. The van der Waals surface area contributed by atoms with Crippen LogP contribution in [0.25, 0.3) is 0 Å². The van der Waals surface area contributed by atoms with Crippen LogP contribution in [0, 0.1) is 0 Å². The summed E-state index contributed by atoms with van der Waals surface area (Å²) >= 11 is 0. The van der Waals surface area contributed by atoms with Crippen molar-refractivity contribution in [3.63, 3.8) is 0 Å². The van der Waals surface area contributed by atoms with Crippen LogP contribution in [-0.4, -0.2) is 37.4 Å². The fourth-order valence-electron chi connectivity index (χ4n) is 1.63. The summed E-state index contributed by atoms with van der Waals surface area (Å²) in [6, 6.07) is 5.22. The third-order valence-electron chi connectivity index (χ3n) is 2.65. The van der Waals surface area contributed by atoms with Crippen molar-refractivity contribution in [2.45, 2.75) is 19.4 Å². The van der Waals surface area contributed by atoms with E-state index in [1.54, 1.807) is 26.2 Å². The maximum absolute atomic E-state index is 11.6. The summed E-state index contributed by atoms with van der Waals surface area (Å²) in [5, 5.41) is 11.4. The molecule has 0 fully saturated rings. The number of carbonyl (C=O) groups is 1. The molecule has 1 atom stereocenters. The minimum atomic E-state index is -0.289. The van der Waals surface area contributed by atoms with E-state index in [1.165, 1.54) is 0 Å². The molecule has 2 N–H and O–H groups in total. The first-order chi connectivity index (χ1) is 9.60. The van der Waals surface area contributed by atoms with E-state index < -0.39 is 0 Å². The second-order valence-corrected chi connectivity index (χ2v) is 4.42. The Morgan fingerprint density at radius 3 is 2.85 bits per heavy atom. The highest BCUT2D eigenvalue weighted by atomic mass is 16.5. The van der Waals surface area contributed by atoms with Gasteiger partial charge in [-0.1, -0.05) is 12.1 Å². The molecule has 0 bridgehead atoms. The fraction of sp³-hybridized carbons (Fsp3) is 0.400. The molecular weight excluding hydrogens is 258 g/mol. The average Bonchev–Trinajstić information content (AvgIpc) is 2.45. The number of hydrogen-bond donors (Lipinski definition) is 2. The molecule has 0 saturated carbocycles. The zero-order chi connectivity index (χ0) is 15.0. The largest absolute Gasteiger partial charge is 0.493 e. The van der Waals surface area contributed by atoms with E-state index >= 15 is 0 Å². The molecule has 0 aromatic heterocycles. The lowest BCUT2D eigenvalue weighted by Gasteiger charge is -2.13. The maximum Gasteiger partial charge on any atom is 0.258 e. The van der Waals surface area contributed by atoms with E-state index in [2.05, 4.69) is 11.9 Å². The Balaban J connectivity index is 2.63. The fourth-order valence-corrected chi connectivity index (χ4v) is 1.63. The number of carbonyl (C=O) groups excluding carboxylic acids is 1. The highest BCUT2D eigenvalue weighted by molar-refractivity contribution is 5.77. The molecule has 0 aliphatic rings. The second-order valence-electron chi connectivity index (χ2n) is 4.42. The molecule has 5 heteroatoms. The van der Waals surface area contributed by atoms with Gasteiger partial charge in [-0.2, -0.15) is 0 Å². The van der Waals surface area contributed by atoms with Gasteiger partial charge in [0.15, 0.2) is 18.1 Å². The van der Waals surface area contributed by atoms with Gasteiger partial charge in [0.05, 0.1) is 13.7 Å². The summed E-state index contributed by atoms with van der Waals surface area (Å²) in [6.07, 6.45) is 2.55. The van der Waals surface area contributed by atoms with Gasteiger partial charge in [0.1, 0.15) is 0 Å². The predicted molar refractivity (Wildman–Crippen MR) is 77.1 cm³/mol. The zero-order valence-electron chi connectivity index (χ0n) is 11.9. The summed E-state index contributed by atoms with van der Waals surface area (Å²) in [6.45, 7) is 5.17. The molecule has 0 radical (unpaired) electrons. The number of hydrogen-bond acceptors (Lipinski definition) is 4. The maximum atomic E-state index is 11.6. The monoisotopic (exact) mass is 279 g/mol. The van der Waals surface area contributed by atoms with Crippen LogP contribution in [0.2, 0.25) is 0 Å². The Hall–Kier alpha value is -2.01. The van der Waals surface area contributed by atoms with E-state index in [1.807, 2.05) is 12.1 Å². The van der Waals surface area contributed by atoms with Crippen molar-refractivity contribution in [2.75, 3.05) is 20.3 Å². The van der Waals surface area contributed by atoms with Gasteiger partial charge in [-0.15, -0.1) is 6.58 Å². The van der Waals surface area contributed by atoms with Gasteiger partial charge in [-0.3, -0.25) is 4.79 Å². The van der Waals surface area contributed by atoms with Gasteiger partial charge < -0.3 is 19.9 Å². The van der Waals surface area contributed by atoms with Crippen molar-refractivity contribution in [3.05, 3.63) is 36.4 Å². The van der Waals surface area contributed by atoms with Gasteiger partial charge in [0.25, 0.3) is 5.91 Å². The molecule has 0 heterocycles. The number of ether oxygens (including phenoxy) is 2. The smallest absolute Gasteiger partial charge is 0.258 e. The van der Waals surface area contributed by atoms with Crippen LogP contribution in [0.4, 0.5) is 0 Å². The number of nitrogens with one attached hydrogen (secondary N) is 1. The van der Waals surface area contributed by atoms with Gasteiger partial charge in [-0.25, -0.2) is 0 Å². The Labute approximate surface area is 119 Å². The van der Waals surface area contributed by atoms with Gasteiger partial charge >= 0.3 is 0 Å². The van der Waals surface area contributed by atoms with Crippen LogP contribution in [-0.2, 0) is 11.2 Å². The molecule has 0 saturated heterocycles. The second kappa shape index (κ2) is 8.22. The zero-order valence-corrected chi connectivity index (χ0v) is 11.9. The van der Waals surface area contributed by atoms with Crippen molar-refractivity contribution >= 4 is 5.91 Å². The van der Waals surface area contributed by atoms with Gasteiger partial charge in [-0.05, 0) is 31.0 Å². The number of benzene rings is 1. The van der Waals surface area contributed by atoms with Crippen molar-refractivity contribution in [1.82, 2.24) is 5.32 Å². The lowest BCUT2D eigenvalue weighted by Crippen LogP contribution is -2.38. The molecule has 20 heavy (non-hydrogen) atoms. The Morgan fingerprint density at radius 2 is 2.25 bits per heavy atom. The Bertz CT molecular complexity index is 459. The lowest BCUT2D eigenvalue weighted by atomic mass is 10.1. The summed E-state index contributed by atoms with van der Waals surface area (Å²) in [5.74, 6) is 0.795. The Kier molecular flexibility index (Phi) is 6.59. The van der Waals surface area contributed by atoms with Crippen LogP contribution in [0.5, 0.6) is 11.5 Å². The molecule has 1 rings (SSSR count). The summed E-state index contributed by atoms with van der Waals surface area (Å²) in [7, 11) is 1.55. The third kappa shape index (κ3) is 4.93. The van der Waals surface area contributed by atoms with Crippen molar-refractivity contribution in [1.29, 1.82) is 0 Å². The number of methoxy groups -OCH3 is 1. The predicted octanol–water partition coefficient (Wildman–Crippen LogP) is 1.30. The van der Waals surface area contributed by atoms with Gasteiger partial charge in [0, 0.05) is 6.04 Å². The highest BCUT2D eigenvalue weighted by Crippen LogP contribution is 2.28. The minimum absolute atomic E-state index is 0.106. The summed E-state index contributed by atoms with van der Waals surface area (Å²) < 4.78 is 10.7. The van der Waals surface area contributed by atoms with E-state index in [9.17, 15) is 4.79 Å². The van der Waals surface area contributed by atoms with E-state index in [4.69, 9.17) is 14.6 Å². The summed E-state index contributed by atoms with van der Waals surface area (Å²) in [4.78, 5) is 11.6. The molecule has 5 nitrogen and oxygen atoms in total. The molecule has 110 valence electrons. The first kappa shape index (κ1) is 16.0. The minimum Gasteiger partial charge on any atom is -0.493 e. The van der Waals surface area contributed by atoms with Crippen LogP contribution >= 0.6 is 0 Å². The molecule has 0 aliphatic carbocycles. The first-order valence-electron chi connectivity index (χ1n) is 6.41. The molecule has 1 aromatic rings. The lowest BCUT2D eigenvalue weighted by molar-refractivity contribution is -0.124. The SMILES string of the molecule is C=CCc1ccc(OCC(=O)NC(C)CO)c(OC)c1. The van der Waals surface area contributed by atoms with Crippen LogP contribution in [0.3, 0.4) is 0 Å². The van der Waals surface area contributed by atoms with Crippen molar-refractivity contribution < 1.29 is 19.4 Å². The van der Waals surface area contributed by atoms with Crippen LogP contribution in [0.15, 0.2) is 30.9 Å². The molecule has 0 spiro atoms. The summed E-state index contributed by atoms with van der Waals surface area (Å²) in [5.41, 5.74) is 1.06. The van der Waals surface area contributed by atoms with Crippen LogP contribution in [0.1, 0.15) is 12.5 Å². The molecular formula is C15H21NO4. The van der Waals surface area contributed by atoms with E-state index in [0.29, 0.717) is 11.5 Å². The van der Waals surface area contributed by atoms with Gasteiger partial charge in [0.2, 0.25) is 0 Å². The first-order valence-corrected chi connectivity index (χ1v) is 6.41. The van der Waals surface area contributed by atoms with Crippen molar-refractivity contribution in [2.24, 2.45) is 0 Å². The van der Waals surface area contributed by atoms with Crippen LogP contribution < -0.4 is 14.8 Å². The standard InChI is InChI=1S/C15H21NO4/c1-4-5-12-6-7-13(14(8-12)19-3)20-10-15(18)16-11(2)9-17/h4,6-8,11,17H,1,5,9-10H2,2-3H3,(H,16,18). The Morgan fingerprint density at radius 1 is 1.50 bits per heavy atom. The highest BCUT2D eigenvalue weighted by Gasteiger charge is 2.10. The topological polar surface area (TPSA) is 67.8 Å². The number of aliphatic hydroxyl groups is 1. The quantitative estimate of drug-likeness (QED) is 0.704. The van der Waals surface area contributed by atoms with Crippen molar-refractivity contribution in [3.8, 4) is 11.5 Å². The number of aliphatic hydroxyl groups excluding tert-OH is 1. The average molecular weight is 279 g/mol. The number of amides is 1. The third-order valence-corrected chi connectivity index (χ3v) is 2.65.